The number of nitrogens with zero attached hydrogens (tertiary/aromatic N) is 1. The Hall–Kier alpha value is -3.22. The Bertz CT molecular complexity index is 1010. The molecule has 2 aromatic carbocycles. The normalized spacial score (nSPS) is 10.9. The van der Waals surface area contributed by atoms with Crippen LogP contribution in [0.5, 0.6) is 0 Å². The quantitative estimate of drug-likeness (QED) is 0.473. The summed E-state index contributed by atoms with van der Waals surface area (Å²) in [5.74, 6) is -0.828. The zero-order chi connectivity index (χ0) is 19.2. The summed E-state index contributed by atoms with van der Waals surface area (Å²) >= 11 is 0. The van der Waals surface area contributed by atoms with Crippen molar-refractivity contribution in [2.75, 3.05) is 6.54 Å². The Balaban J connectivity index is 1.42. The van der Waals surface area contributed by atoms with Crippen LogP contribution >= 0.6 is 0 Å². The summed E-state index contributed by atoms with van der Waals surface area (Å²) in [7, 11) is 0. The molecule has 140 valence electrons. The van der Waals surface area contributed by atoms with Gasteiger partial charge in [-0.15, -0.1) is 0 Å². The molecule has 3 aromatic rings. The van der Waals surface area contributed by atoms with Gasteiger partial charge in [0.05, 0.1) is 11.0 Å². The number of H-pyrrole nitrogens is 1. The molecule has 27 heavy (non-hydrogen) atoms. The number of benzene rings is 2. The summed E-state index contributed by atoms with van der Waals surface area (Å²) in [4.78, 5) is 38.6. The summed E-state index contributed by atoms with van der Waals surface area (Å²) in [5.41, 5.74) is 1.83. The van der Waals surface area contributed by atoms with Crippen molar-refractivity contribution in [1.82, 2.24) is 14.9 Å². The van der Waals surface area contributed by atoms with Gasteiger partial charge < -0.3 is 10.3 Å². The smallest absolute Gasteiger partial charge is 0.326 e. The fourth-order valence-corrected chi connectivity index (χ4v) is 2.89. The topological polar surface area (TPSA) is 84.0 Å². The second-order valence-electron chi connectivity index (χ2n) is 6.23. The lowest BCUT2D eigenvalue weighted by molar-refractivity contribution is -0.121. The second kappa shape index (κ2) is 8.44. The minimum Gasteiger partial charge on any atom is -0.356 e. The third kappa shape index (κ3) is 4.69. The molecule has 1 heterocycles. The van der Waals surface area contributed by atoms with Gasteiger partial charge in [-0.1, -0.05) is 12.1 Å². The van der Waals surface area contributed by atoms with Gasteiger partial charge in [0.2, 0.25) is 5.91 Å². The van der Waals surface area contributed by atoms with Gasteiger partial charge in [0.1, 0.15) is 5.82 Å². The van der Waals surface area contributed by atoms with Gasteiger partial charge in [0.15, 0.2) is 5.78 Å². The van der Waals surface area contributed by atoms with E-state index in [0.717, 1.165) is 11.0 Å². The zero-order valence-corrected chi connectivity index (χ0v) is 14.7. The number of aryl methyl sites for hydroxylation is 1. The van der Waals surface area contributed by atoms with E-state index >= 15 is 0 Å². The average molecular weight is 369 g/mol. The lowest BCUT2D eigenvalue weighted by Gasteiger charge is -2.06. The van der Waals surface area contributed by atoms with E-state index in [2.05, 4.69) is 10.3 Å². The summed E-state index contributed by atoms with van der Waals surface area (Å²) in [6.07, 6.45) is 0.738. The first-order chi connectivity index (χ1) is 13.0. The number of hydrogen-bond acceptors (Lipinski definition) is 3. The molecule has 0 saturated carbocycles. The van der Waals surface area contributed by atoms with Crippen LogP contribution in [0.3, 0.4) is 0 Å². The van der Waals surface area contributed by atoms with E-state index in [0.29, 0.717) is 25.1 Å². The molecule has 0 spiro atoms. The van der Waals surface area contributed by atoms with Crippen LogP contribution in [0.1, 0.15) is 29.6 Å². The predicted octanol–water partition coefficient (Wildman–Crippen LogP) is 2.64. The molecule has 6 nitrogen and oxygen atoms in total. The van der Waals surface area contributed by atoms with E-state index in [-0.39, 0.29) is 30.2 Å². The second-order valence-corrected chi connectivity index (χ2v) is 6.23. The number of para-hydroxylation sites is 2. The van der Waals surface area contributed by atoms with Gasteiger partial charge in [-0.05, 0) is 42.8 Å². The molecule has 0 aliphatic carbocycles. The number of carbonyl (C=O) groups excluding carboxylic acids is 2. The molecule has 0 unspecified atom stereocenters. The van der Waals surface area contributed by atoms with Crippen molar-refractivity contribution in [3.8, 4) is 0 Å². The number of hydrogen-bond donors (Lipinski definition) is 2. The van der Waals surface area contributed by atoms with Gasteiger partial charge in [-0.25, -0.2) is 9.18 Å². The van der Waals surface area contributed by atoms with Crippen molar-refractivity contribution < 1.29 is 14.0 Å². The highest BCUT2D eigenvalue weighted by atomic mass is 19.1. The molecule has 0 saturated heterocycles. The third-order valence-electron chi connectivity index (χ3n) is 4.31. The molecule has 1 aromatic heterocycles. The van der Waals surface area contributed by atoms with E-state index in [9.17, 15) is 18.8 Å². The van der Waals surface area contributed by atoms with Crippen molar-refractivity contribution in [3.05, 3.63) is 70.4 Å². The maximum Gasteiger partial charge on any atom is 0.326 e. The van der Waals surface area contributed by atoms with Crippen molar-refractivity contribution in [2.24, 2.45) is 0 Å². The largest absolute Gasteiger partial charge is 0.356 e. The fourth-order valence-electron chi connectivity index (χ4n) is 2.89. The Morgan fingerprint density at radius 2 is 1.78 bits per heavy atom. The Kier molecular flexibility index (Phi) is 5.80. The number of imidazole rings is 1. The highest BCUT2D eigenvalue weighted by molar-refractivity contribution is 5.97. The van der Waals surface area contributed by atoms with Gasteiger partial charge in [-0.3, -0.25) is 14.2 Å². The number of amides is 1. The molecule has 0 aliphatic rings. The molecule has 1 amide bonds. The van der Waals surface area contributed by atoms with Crippen LogP contribution < -0.4 is 11.0 Å². The molecule has 0 aliphatic heterocycles. The summed E-state index contributed by atoms with van der Waals surface area (Å²) in [6.45, 7) is 0.896. The van der Waals surface area contributed by atoms with Crippen LogP contribution in [0.15, 0.2) is 53.3 Å². The standard InChI is InChI=1S/C20H20FN3O3/c21-15-8-6-14(7-9-15)18(25)10-11-19(26)22-12-3-13-24-17-5-2-1-4-16(17)23-20(24)27/h1-2,4-9H,3,10-13H2,(H,22,26)(H,23,27). The first kappa shape index (κ1) is 18.6. The van der Waals surface area contributed by atoms with Crippen LogP contribution in [0.4, 0.5) is 4.39 Å². The van der Waals surface area contributed by atoms with Crippen LogP contribution in [-0.2, 0) is 11.3 Å². The number of nitrogens with one attached hydrogen (secondary N) is 2. The van der Waals surface area contributed by atoms with Gasteiger partial charge >= 0.3 is 5.69 Å². The molecule has 0 bridgehead atoms. The molecule has 3 rings (SSSR count). The zero-order valence-electron chi connectivity index (χ0n) is 14.7. The van der Waals surface area contributed by atoms with Crippen molar-refractivity contribution >= 4 is 22.7 Å². The van der Waals surface area contributed by atoms with Crippen molar-refractivity contribution in [2.45, 2.75) is 25.8 Å². The highest BCUT2D eigenvalue weighted by Crippen LogP contribution is 2.09. The number of fused-ring (bicyclic) bond motifs is 1. The summed E-state index contributed by atoms with van der Waals surface area (Å²) in [5, 5.41) is 2.75. The maximum absolute atomic E-state index is 12.9. The Morgan fingerprint density at radius 1 is 1.04 bits per heavy atom. The number of rotatable bonds is 8. The number of halogens is 1. The lowest BCUT2D eigenvalue weighted by Crippen LogP contribution is -2.26. The average Bonchev–Trinajstić information content (AvgIpc) is 2.99. The molecule has 0 radical (unpaired) electrons. The Morgan fingerprint density at radius 3 is 2.56 bits per heavy atom. The molecule has 2 N–H and O–H groups in total. The number of ketones is 1. The van der Waals surface area contributed by atoms with Gasteiger partial charge in [0, 0.05) is 31.5 Å². The van der Waals surface area contributed by atoms with Gasteiger partial charge in [0.25, 0.3) is 0 Å². The highest BCUT2D eigenvalue weighted by Gasteiger charge is 2.10. The molecule has 0 atom stereocenters. The molecule has 7 heteroatoms. The van der Waals surface area contributed by atoms with E-state index < -0.39 is 5.82 Å². The Labute approximate surface area is 155 Å². The van der Waals surface area contributed by atoms with E-state index in [1.54, 1.807) is 4.57 Å². The van der Waals surface area contributed by atoms with E-state index in [1.807, 2.05) is 24.3 Å². The molecule has 0 fully saturated rings. The molecular weight excluding hydrogens is 349 g/mol. The SMILES string of the molecule is O=C(CCC(=O)c1ccc(F)cc1)NCCCn1c(=O)[nH]c2ccccc21. The van der Waals surface area contributed by atoms with Gasteiger partial charge in [-0.2, -0.15) is 0 Å². The van der Waals surface area contributed by atoms with E-state index in [4.69, 9.17) is 0 Å². The maximum atomic E-state index is 12.9. The monoisotopic (exact) mass is 369 g/mol. The van der Waals surface area contributed by atoms with E-state index in [1.165, 1.54) is 24.3 Å². The first-order valence-electron chi connectivity index (χ1n) is 8.77. The number of Topliss-reactive ketones (excluding diaryl/α,β-unsaturated/α-hetero) is 1. The van der Waals surface area contributed by atoms with Crippen LogP contribution in [0, 0.1) is 5.82 Å². The minimum atomic E-state index is -0.404. The predicted molar refractivity (Wildman–Crippen MR) is 100 cm³/mol. The number of carbonyl (C=O) groups is 2. The first-order valence-corrected chi connectivity index (χ1v) is 8.77. The molecular formula is C20H20FN3O3. The van der Waals surface area contributed by atoms with Crippen LogP contribution in [0.2, 0.25) is 0 Å². The minimum absolute atomic E-state index is 0.0688. The summed E-state index contributed by atoms with van der Waals surface area (Å²) in [6, 6.07) is 12.7. The van der Waals surface area contributed by atoms with Crippen molar-refractivity contribution in [3.63, 3.8) is 0 Å². The van der Waals surface area contributed by atoms with Crippen LogP contribution in [0.25, 0.3) is 11.0 Å². The van der Waals surface area contributed by atoms with Crippen LogP contribution in [-0.4, -0.2) is 27.8 Å². The fraction of sp³-hybridized carbons (Fsp3) is 0.250. The lowest BCUT2D eigenvalue weighted by atomic mass is 10.1. The number of aromatic amines is 1. The van der Waals surface area contributed by atoms with Crippen molar-refractivity contribution in [1.29, 1.82) is 0 Å². The third-order valence-corrected chi connectivity index (χ3v) is 4.31. The number of aromatic nitrogens is 2. The summed E-state index contributed by atoms with van der Waals surface area (Å²) < 4.78 is 14.5.